The van der Waals surface area contributed by atoms with E-state index in [2.05, 4.69) is 53.9 Å². The van der Waals surface area contributed by atoms with Gasteiger partial charge in [0.25, 0.3) is 5.91 Å². The maximum absolute atomic E-state index is 12.6. The molecule has 140 valence electrons. The zero-order valence-corrected chi connectivity index (χ0v) is 17.2. The largest absolute Gasteiger partial charge is 0.298 e. The Bertz CT molecular complexity index is 1110. The molecule has 28 heavy (non-hydrogen) atoms. The van der Waals surface area contributed by atoms with E-state index in [0.717, 1.165) is 21.5 Å². The van der Waals surface area contributed by atoms with Crippen molar-refractivity contribution < 1.29 is 4.79 Å². The zero-order valence-electron chi connectivity index (χ0n) is 14.8. The number of rotatable bonds is 5. The van der Waals surface area contributed by atoms with E-state index in [0.29, 0.717) is 16.4 Å². The first-order chi connectivity index (χ1) is 13.6. The van der Waals surface area contributed by atoms with Crippen molar-refractivity contribution in [2.45, 2.75) is 13.3 Å². The maximum atomic E-state index is 12.6. The molecule has 0 saturated carbocycles. The third-order valence-electron chi connectivity index (χ3n) is 4.11. The average Bonchev–Trinajstić information content (AvgIpc) is 3.34. The number of hydrogen-bond donors (Lipinski definition) is 1. The number of benzene rings is 2. The van der Waals surface area contributed by atoms with Gasteiger partial charge in [-0.1, -0.05) is 34.1 Å². The number of carbonyl (C=O) groups excluding carboxylic acids is 1. The van der Waals surface area contributed by atoms with Crippen LogP contribution in [0.1, 0.15) is 26.5 Å². The minimum atomic E-state index is -0.223. The summed E-state index contributed by atoms with van der Waals surface area (Å²) in [6.07, 6.45) is 2.26. The molecular formula is C19H15BrN6OS. The first kappa shape index (κ1) is 18.5. The van der Waals surface area contributed by atoms with Crippen molar-refractivity contribution in [1.82, 2.24) is 25.2 Å². The monoisotopic (exact) mass is 454 g/mol. The van der Waals surface area contributed by atoms with Gasteiger partial charge in [-0.3, -0.25) is 10.1 Å². The molecule has 1 amide bonds. The van der Waals surface area contributed by atoms with Crippen molar-refractivity contribution in [3.05, 3.63) is 81.0 Å². The lowest BCUT2D eigenvalue weighted by Gasteiger charge is -2.04. The summed E-state index contributed by atoms with van der Waals surface area (Å²) < 4.78 is 2.55. The van der Waals surface area contributed by atoms with Crippen LogP contribution in [0.3, 0.4) is 0 Å². The van der Waals surface area contributed by atoms with Gasteiger partial charge in [-0.25, -0.2) is 9.67 Å². The number of hydrogen-bond acceptors (Lipinski definition) is 6. The molecule has 0 unspecified atom stereocenters. The molecule has 7 nitrogen and oxygen atoms in total. The van der Waals surface area contributed by atoms with Crippen molar-refractivity contribution in [3.63, 3.8) is 0 Å². The standard InChI is InChI=1S/C19H15BrN6OS/c1-12-17(9-13-5-7-15(20)8-6-13)28-19(22-12)23-18(27)14-3-2-4-16(10-14)26-11-21-24-25-26/h2-8,10-11H,9H2,1H3,(H,22,23,27). The van der Waals surface area contributed by atoms with E-state index in [1.165, 1.54) is 27.9 Å². The number of tetrazole rings is 1. The van der Waals surface area contributed by atoms with Crippen LogP contribution in [0, 0.1) is 6.92 Å². The van der Waals surface area contributed by atoms with Gasteiger partial charge < -0.3 is 0 Å². The predicted molar refractivity (Wildman–Crippen MR) is 111 cm³/mol. The molecule has 0 aliphatic rings. The molecule has 0 atom stereocenters. The molecule has 9 heteroatoms. The molecule has 0 saturated heterocycles. The topological polar surface area (TPSA) is 85.6 Å². The lowest BCUT2D eigenvalue weighted by atomic mass is 10.1. The normalized spacial score (nSPS) is 10.8. The summed E-state index contributed by atoms with van der Waals surface area (Å²) in [6, 6.07) is 15.3. The first-order valence-corrected chi connectivity index (χ1v) is 10.0. The fraction of sp³-hybridized carbons (Fsp3) is 0.105. The second-order valence-corrected chi connectivity index (χ2v) is 8.09. The number of thiazole rings is 1. The summed E-state index contributed by atoms with van der Waals surface area (Å²) in [5.41, 5.74) is 3.34. The number of amides is 1. The predicted octanol–water partition coefficient (Wildman–Crippen LogP) is 4.03. The first-order valence-electron chi connectivity index (χ1n) is 8.44. The van der Waals surface area contributed by atoms with Crippen LogP contribution in [0.2, 0.25) is 0 Å². The molecule has 0 spiro atoms. The fourth-order valence-corrected chi connectivity index (χ4v) is 3.93. The van der Waals surface area contributed by atoms with Crippen molar-refractivity contribution >= 4 is 38.3 Å². The van der Waals surface area contributed by atoms with Gasteiger partial charge in [0, 0.05) is 21.3 Å². The van der Waals surface area contributed by atoms with Crippen LogP contribution in [0.5, 0.6) is 0 Å². The van der Waals surface area contributed by atoms with E-state index >= 15 is 0 Å². The number of halogens is 1. The fourth-order valence-electron chi connectivity index (χ4n) is 2.67. The van der Waals surface area contributed by atoms with E-state index in [9.17, 15) is 4.79 Å². The summed E-state index contributed by atoms with van der Waals surface area (Å²) in [5.74, 6) is -0.223. The van der Waals surface area contributed by atoms with Crippen molar-refractivity contribution in [3.8, 4) is 5.69 Å². The highest BCUT2D eigenvalue weighted by Gasteiger charge is 2.13. The Kier molecular flexibility index (Phi) is 5.27. The summed E-state index contributed by atoms with van der Waals surface area (Å²) in [6.45, 7) is 1.96. The van der Waals surface area contributed by atoms with Crippen LogP contribution in [-0.4, -0.2) is 31.1 Å². The lowest BCUT2D eigenvalue weighted by molar-refractivity contribution is 0.102. The van der Waals surface area contributed by atoms with Gasteiger partial charge in [-0.15, -0.1) is 16.4 Å². The van der Waals surface area contributed by atoms with Gasteiger partial charge in [-0.2, -0.15) is 0 Å². The number of nitrogens with zero attached hydrogens (tertiary/aromatic N) is 5. The number of aromatic nitrogens is 5. The van der Waals surface area contributed by atoms with Crippen LogP contribution in [0.25, 0.3) is 5.69 Å². The molecule has 0 aliphatic heterocycles. The van der Waals surface area contributed by atoms with Gasteiger partial charge in [0.1, 0.15) is 6.33 Å². The smallest absolute Gasteiger partial charge is 0.257 e. The minimum absolute atomic E-state index is 0.223. The Balaban J connectivity index is 1.49. The number of anilines is 1. The highest BCUT2D eigenvalue weighted by atomic mass is 79.9. The van der Waals surface area contributed by atoms with Gasteiger partial charge in [0.2, 0.25) is 0 Å². The average molecular weight is 455 g/mol. The van der Waals surface area contributed by atoms with Gasteiger partial charge >= 0.3 is 0 Å². The van der Waals surface area contributed by atoms with E-state index in [4.69, 9.17) is 0 Å². The van der Waals surface area contributed by atoms with Crippen LogP contribution in [0.15, 0.2) is 59.3 Å². The molecule has 2 heterocycles. The summed E-state index contributed by atoms with van der Waals surface area (Å²) >= 11 is 4.94. The zero-order chi connectivity index (χ0) is 19.5. The van der Waals surface area contributed by atoms with E-state index in [-0.39, 0.29) is 5.91 Å². The lowest BCUT2D eigenvalue weighted by Crippen LogP contribution is -2.12. The molecule has 0 fully saturated rings. The quantitative estimate of drug-likeness (QED) is 0.491. The highest BCUT2D eigenvalue weighted by Crippen LogP contribution is 2.26. The molecule has 0 aliphatic carbocycles. The Morgan fingerprint density at radius 3 is 2.79 bits per heavy atom. The van der Waals surface area contributed by atoms with Crippen LogP contribution >= 0.6 is 27.3 Å². The minimum Gasteiger partial charge on any atom is -0.298 e. The second kappa shape index (κ2) is 7.99. The Morgan fingerprint density at radius 2 is 2.04 bits per heavy atom. The van der Waals surface area contributed by atoms with Crippen molar-refractivity contribution in [2.75, 3.05) is 5.32 Å². The van der Waals surface area contributed by atoms with Crippen LogP contribution < -0.4 is 5.32 Å². The summed E-state index contributed by atoms with van der Waals surface area (Å²) in [5, 5.41) is 14.5. The Morgan fingerprint density at radius 1 is 1.21 bits per heavy atom. The molecule has 2 aromatic heterocycles. The molecule has 0 bridgehead atoms. The molecular weight excluding hydrogens is 440 g/mol. The Labute approximate surface area is 173 Å². The van der Waals surface area contributed by atoms with Crippen LogP contribution in [0.4, 0.5) is 5.13 Å². The number of carbonyl (C=O) groups is 1. The molecule has 0 radical (unpaired) electrons. The van der Waals surface area contributed by atoms with Crippen LogP contribution in [-0.2, 0) is 6.42 Å². The van der Waals surface area contributed by atoms with Crippen molar-refractivity contribution in [2.24, 2.45) is 0 Å². The molecule has 4 rings (SSSR count). The molecule has 4 aromatic rings. The van der Waals surface area contributed by atoms with Gasteiger partial charge in [0.05, 0.1) is 11.4 Å². The third-order valence-corrected chi connectivity index (χ3v) is 5.71. The van der Waals surface area contributed by atoms with Gasteiger partial charge in [-0.05, 0) is 53.2 Å². The summed E-state index contributed by atoms with van der Waals surface area (Å²) in [4.78, 5) is 18.3. The van der Waals surface area contributed by atoms with E-state index in [1.54, 1.807) is 18.2 Å². The highest BCUT2D eigenvalue weighted by molar-refractivity contribution is 9.10. The SMILES string of the molecule is Cc1nc(NC(=O)c2cccc(-n3cnnn3)c2)sc1Cc1ccc(Br)cc1. The second-order valence-electron chi connectivity index (χ2n) is 6.09. The molecule has 2 aromatic carbocycles. The Hall–Kier alpha value is -2.91. The maximum Gasteiger partial charge on any atom is 0.257 e. The van der Waals surface area contributed by atoms with E-state index in [1.807, 2.05) is 25.1 Å². The third kappa shape index (κ3) is 4.15. The van der Waals surface area contributed by atoms with E-state index < -0.39 is 0 Å². The van der Waals surface area contributed by atoms with Crippen molar-refractivity contribution in [1.29, 1.82) is 0 Å². The summed E-state index contributed by atoms with van der Waals surface area (Å²) in [7, 11) is 0. The molecule has 1 N–H and O–H groups in total. The van der Waals surface area contributed by atoms with Gasteiger partial charge in [0.15, 0.2) is 5.13 Å². The number of nitrogens with one attached hydrogen (secondary N) is 1. The number of aryl methyl sites for hydroxylation is 1.